The highest BCUT2D eigenvalue weighted by atomic mass is 16.5. The maximum Gasteiger partial charge on any atom is 0.248 e. The van der Waals surface area contributed by atoms with Crippen LogP contribution in [-0.2, 0) is 32.3 Å². The molecular formula is C31H35N2O3+. The molecule has 1 aliphatic rings. The zero-order valence-corrected chi connectivity index (χ0v) is 21.1. The molecule has 1 heterocycles. The Bertz CT molecular complexity index is 1380. The van der Waals surface area contributed by atoms with Crippen molar-refractivity contribution in [1.29, 1.82) is 0 Å². The van der Waals surface area contributed by atoms with Crippen LogP contribution in [0.5, 0.6) is 5.75 Å². The lowest BCUT2D eigenvalue weighted by molar-refractivity contribution is -0.693. The van der Waals surface area contributed by atoms with Crippen LogP contribution in [0.4, 0.5) is 0 Å². The second kappa shape index (κ2) is 10.7. The highest BCUT2D eigenvalue weighted by molar-refractivity contribution is 5.87. The van der Waals surface area contributed by atoms with E-state index in [-0.39, 0.29) is 5.56 Å². The summed E-state index contributed by atoms with van der Waals surface area (Å²) in [4.78, 5) is 15.0. The molecule has 0 bridgehead atoms. The van der Waals surface area contributed by atoms with Crippen molar-refractivity contribution in [3.63, 3.8) is 0 Å². The van der Waals surface area contributed by atoms with Gasteiger partial charge in [0.25, 0.3) is 0 Å². The van der Waals surface area contributed by atoms with Crippen LogP contribution in [0.1, 0.15) is 53.3 Å². The highest BCUT2D eigenvalue weighted by Crippen LogP contribution is 2.30. The molecule has 4 N–H and O–H groups in total. The number of rotatable bonds is 9. The number of quaternary nitrogens is 1. The molecule has 186 valence electrons. The van der Waals surface area contributed by atoms with E-state index in [1.54, 1.807) is 6.07 Å². The summed E-state index contributed by atoms with van der Waals surface area (Å²) in [5.41, 5.74) is 8.15. The van der Waals surface area contributed by atoms with E-state index in [1.165, 1.54) is 28.3 Å². The SMILES string of the molecule is CCc1cc2c(cc1CC)CC([NH2+]C[C@H](O)c1ccc(OCc3ccccc3)c3[nH]c(=O)ccc13)C2. The number of fused-ring (bicyclic) bond motifs is 2. The summed E-state index contributed by atoms with van der Waals surface area (Å²) in [6, 6.07) is 22.2. The number of nitrogens with two attached hydrogens (primary N) is 1. The van der Waals surface area contributed by atoms with Crippen molar-refractivity contribution >= 4 is 10.9 Å². The zero-order chi connectivity index (χ0) is 25.1. The van der Waals surface area contributed by atoms with Gasteiger partial charge in [-0.15, -0.1) is 0 Å². The molecule has 5 nitrogen and oxygen atoms in total. The largest absolute Gasteiger partial charge is 0.487 e. The number of aryl methyl sites for hydroxylation is 2. The Balaban J connectivity index is 1.30. The van der Waals surface area contributed by atoms with E-state index < -0.39 is 6.10 Å². The lowest BCUT2D eigenvalue weighted by atomic mass is 9.97. The van der Waals surface area contributed by atoms with E-state index in [0.29, 0.717) is 30.5 Å². The number of pyridine rings is 1. The van der Waals surface area contributed by atoms with Crippen LogP contribution in [0.3, 0.4) is 0 Å². The third-order valence-electron chi connectivity index (χ3n) is 7.43. The Morgan fingerprint density at radius 3 is 2.33 bits per heavy atom. The molecule has 1 aliphatic carbocycles. The third-order valence-corrected chi connectivity index (χ3v) is 7.43. The van der Waals surface area contributed by atoms with E-state index in [4.69, 9.17) is 4.74 Å². The quantitative estimate of drug-likeness (QED) is 0.337. The maximum absolute atomic E-state index is 12.1. The summed E-state index contributed by atoms with van der Waals surface area (Å²) in [5.74, 6) is 0.608. The summed E-state index contributed by atoms with van der Waals surface area (Å²) in [7, 11) is 0. The monoisotopic (exact) mass is 483 g/mol. The zero-order valence-electron chi connectivity index (χ0n) is 21.1. The molecule has 3 aromatic carbocycles. The van der Waals surface area contributed by atoms with E-state index in [9.17, 15) is 9.90 Å². The second-order valence-corrected chi connectivity index (χ2v) is 9.79. The first kappa shape index (κ1) is 24.3. The van der Waals surface area contributed by atoms with Crippen LogP contribution in [0.25, 0.3) is 10.9 Å². The van der Waals surface area contributed by atoms with Crippen LogP contribution in [0.2, 0.25) is 0 Å². The first-order valence-electron chi connectivity index (χ1n) is 13.0. The van der Waals surface area contributed by atoms with Crippen molar-refractivity contribution in [2.45, 2.75) is 58.3 Å². The summed E-state index contributed by atoms with van der Waals surface area (Å²) < 4.78 is 6.05. The molecule has 0 unspecified atom stereocenters. The number of aliphatic hydroxyl groups is 1. The Morgan fingerprint density at radius 1 is 0.972 bits per heavy atom. The molecule has 0 aliphatic heterocycles. The minimum Gasteiger partial charge on any atom is -0.487 e. The number of ether oxygens (including phenoxy) is 1. The van der Waals surface area contributed by atoms with Crippen molar-refractivity contribution in [2.75, 3.05) is 6.54 Å². The van der Waals surface area contributed by atoms with E-state index in [1.807, 2.05) is 42.5 Å². The van der Waals surface area contributed by atoms with Gasteiger partial charge in [-0.25, -0.2) is 0 Å². The van der Waals surface area contributed by atoms with Crippen molar-refractivity contribution in [3.05, 3.63) is 110 Å². The van der Waals surface area contributed by atoms with Gasteiger partial charge in [0.2, 0.25) is 5.56 Å². The lowest BCUT2D eigenvalue weighted by Crippen LogP contribution is -2.91. The summed E-state index contributed by atoms with van der Waals surface area (Å²) >= 11 is 0. The molecule has 0 radical (unpaired) electrons. The summed E-state index contributed by atoms with van der Waals surface area (Å²) in [6.45, 7) is 5.43. The van der Waals surface area contributed by atoms with Crippen molar-refractivity contribution in [3.8, 4) is 5.75 Å². The average molecular weight is 484 g/mol. The molecule has 5 rings (SSSR count). The van der Waals surface area contributed by atoms with Gasteiger partial charge >= 0.3 is 0 Å². The van der Waals surface area contributed by atoms with Gasteiger partial charge in [0.05, 0.1) is 11.6 Å². The molecular weight excluding hydrogens is 448 g/mol. The number of hydrogen-bond donors (Lipinski definition) is 3. The Kier molecular flexibility index (Phi) is 7.21. The fourth-order valence-corrected chi connectivity index (χ4v) is 5.48. The van der Waals surface area contributed by atoms with E-state index in [2.05, 4.69) is 36.3 Å². The summed E-state index contributed by atoms with van der Waals surface area (Å²) in [6.07, 6.45) is 3.58. The highest BCUT2D eigenvalue weighted by Gasteiger charge is 2.26. The molecule has 36 heavy (non-hydrogen) atoms. The molecule has 1 atom stereocenters. The number of H-pyrrole nitrogens is 1. The number of aliphatic hydroxyl groups excluding tert-OH is 1. The standard InChI is InChI=1S/C31H34N2O3/c1-3-21-14-23-16-25(17-24(23)15-22(21)4-2)32-18-28(34)26-10-12-29(31-27(26)11-13-30(35)33-31)36-19-20-8-6-5-7-9-20/h5-15,25,28,32,34H,3-4,16-19H2,1-2H3,(H,33,35)/p+1/t28-/m0/s1. The van der Waals surface area contributed by atoms with Crippen LogP contribution in [0, 0.1) is 0 Å². The Hall–Kier alpha value is -3.41. The van der Waals surface area contributed by atoms with E-state index >= 15 is 0 Å². The average Bonchev–Trinajstić information content (AvgIpc) is 3.31. The molecule has 4 aromatic rings. The van der Waals surface area contributed by atoms with Crippen molar-refractivity contribution in [1.82, 2.24) is 4.98 Å². The van der Waals surface area contributed by atoms with Crippen molar-refractivity contribution < 1.29 is 15.2 Å². The number of aromatic nitrogens is 1. The first-order valence-corrected chi connectivity index (χ1v) is 13.0. The number of benzene rings is 3. The van der Waals surface area contributed by atoms with Gasteiger partial charge < -0.3 is 20.1 Å². The number of aromatic amines is 1. The fraction of sp³-hybridized carbons (Fsp3) is 0.323. The van der Waals surface area contributed by atoms with Gasteiger partial charge in [0.15, 0.2) is 0 Å². The minimum atomic E-state index is -0.650. The smallest absolute Gasteiger partial charge is 0.248 e. The van der Waals surface area contributed by atoms with Crippen LogP contribution >= 0.6 is 0 Å². The minimum absolute atomic E-state index is 0.188. The van der Waals surface area contributed by atoms with Gasteiger partial charge in [-0.2, -0.15) is 0 Å². The predicted molar refractivity (Wildman–Crippen MR) is 143 cm³/mol. The molecule has 0 fully saturated rings. The number of nitrogens with one attached hydrogen (secondary N) is 1. The van der Waals surface area contributed by atoms with Gasteiger partial charge in [-0.1, -0.05) is 62.4 Å². The van der Waals surface area contributed by atoms with Gasteiger partial charge in [-0.05, 0) is 58.4 Å². The molecule has 0 saturated carbocycles. The summed E-state index contributed by atoms with van der Waals surface area (Å²) in [5, 5.41) is 14.3. The van der Waals surface area contributed by atoms with Crippen LogP contribution < -0.4 is 15.6 Å². The lowest BCUT2D eigenvalue weighted by Gasteiger charge is -2.17. The Morgan fingerprint density at radius 2 is 1.67 bits per heavy atom. The second-order valence-electron chi connectivity index (χ2n) is 9.79. The molecule has 0 amide bonds. The topological polar surface area (TPSA) is 78.9 Å². The fourth-order valence-electron chi connectivity index (χ4n) is 5.48. The first-order chi connectivity index (χ1) is 17.6. The Labute approximate surface area is 212 Å². The predicted octanol–water partition coefficient (Wildman–Crippen LogP) is 4.00. The van der Waals surface area contributed by atoms with Gasteiger partial charge in [0.1, 0.15) is 25.0 Å². The van der Waals surface area contributed by atoms with Crippen LogP contribution in [0.15, 0.2) is 71.5 Å². The van der Waals surface area contributed by atoms with Crippen molar-refractivity contribution in [2.24, 2.45) is 0 Å². The molecule has 0 saturated heterocycles. The molecule has 5 heteroatoms. The third kappa shape index (κ3) is 5.08. The molecule has 0 spiro atoms. The normalized spacial score (nSPS) is 14.2. The maximum atomic E-state index is 12.1. The molecule has 1 aromatic heterocycles. The van der Waals surface area contributed by atoms with E-state index in [0.717, 1.165) is 42.2 Å². The van der Waals surface area contributed by atoms with Crippen LogP contribution in [-0.4, -0.2) is 22.7 Å². The van der Waals surface area contributed by atoms with Gasteiger partial charge in [0, 0.05) is 24.3 Å². The number of hydrogen-bond acceptors (Lipinski definition) is 3. The van der Waals surface area contributed by atoms with Gasteiger partial charge in [-0.3, -0.25) is 4.79 Å².